The number of piperidine rings is 1. The number of nitrogens with zero attached hydrogens (tertiary/aromatic N) is 1. The van der Waals surface area contributed by atoms with Gasteiger partial charge in [0.1, 0.15) is 6.04 Å². The van der Waals surface area contributed by atoms with Crippen LogP contribution in [0.15, 0.2) is 18.2 Å². The van der Waals surface area contributed by atoms with Gasteiger partial charge in [0.25, 0.3) is 5.91 Å². The third kappa shape index (κ3) is 4.08. The zero-order valence-electron chi connectivity index (χ0n) is 20.1. The minimum absolute atomic E-state index is 0.0831. The first-order chi connectivity index (χ1) is 16.5. The van der Waals surface area contributed by atoms with E-state index in [0.717, 1.165) is 12.0 Å². The molecule has 1 aromatic carbocycles. The summed E-state index contributed by atoms with van der Waals surface area (Å²) in [5.74, 6) is -0.0257. The van der Waals surface area contributed by atoms with Crippen LogP contribution in [0.2, 0.25) is 0 Å². The molecule has 1 aromatic rings. The molecule has 3 aliphatic carbocycles. The summed E-state index contributed by atoms with van der Waals surface area (Å²) in [7, 11) is 0. The average Bonchev–Trinajstić information content (AvgIpc) is 3.53. The van der Waals surface area contributed by atoms with E-state index in [1.54, 1.807) is 4.90 Å². The van der Waals surface area contributed by atoms with Crippen LogP contribution in [0, 0.1) is 11.3 Å². The maximum atomic E-state index is 13.0. The molecule has 0 aromatic heterocycles. The van der Waals surface area contributed by atoms with Crippen LogP contribution in [0.1, 0.15) is 98.5 Å². The SMILES string of the molecule is O=C1CCC(N2Cc3cc(C[C@H]4CCCC[C@@H]4N[C@@H]4CCCCC45CC5)ccc3C2=O)C(=O)N1. The van der Waals surface area contributed by atoms with Gasteiger partial charge in [-0.2, -0.15) is 0 Å². The molecule has 34 heavy (non-hydrogen) atoms. The van der Waals surface area contributed by atoms with Gasteiger partial charge in [-0.15, -0.1) is 0 Å². The van der Waals surface area contributed by atoms with Gasteiger partial charge in [0.05, 0.1) is 0 Å². The van der Waals surface area contributed by atoms with Gasteiger partial charge in [0, 0.05) is 30.6 Å². The van der Waals surface area contributed by atoms with E-state index in [2.05, 4.69) is 22.8 Å². The molecule has 4 atom stereocenters. The molecule has 3 saturated carbocycles. The fourth-order valence-electron chi connectivity index (χ4n) is 7.31. The highest BCUT2D eigenvalue weighted by Crippen LogP contribution is 2.56. The van der Waals surface area contributed by atoms with Crippen LogP contribution in [0.4, 0.5) is 0 Å². The summed E-state index contributed by atoms with van der Waals surface area (Å²) >= 11 is 0. The van der Waals surface area contributed by atoms with Crippen LogP contribution in [-0.2, 0) is 22.6 Å². The average molecular weight is 464 g/mol. The van der Waals surface area contributed by atoms with Crippen LogP contribution >= 0.6 is 0 Å². The van der Waals surface area contributed by atoms with E-state index in [-0.39, 0.29) is 17.7 Å². The van der Waals surface area contributed by atoms with E-state index in [0.29, 0.717) is 48.4 Å². The first kappa shape index (κ1) is 22.3. The number of imide groups is 1. The van der Waals surface area contributed by atoms with E-state index in [1.807, 2.05) is 6.07 Å². The Kier molecular flexibility index (Phi) is 5.75. The highest BCUT2D eigenvalue weighted by molar-refractivity contribution is 6.05. The van der Waals surface area contributed by atoms with E-state index < -0.39 is 6.04 Å². The molecule has 2 heterocycles. The van der Waals surface area contributed by atoms with Crippen molar-refractivity contribution in [2.75, 3.05) is 0 Å². The Labute approximate surface area is 202 Å². The topological polar surface area (TPSA) is 78.5 Å². The van der Waals surface area contributed by atoms with Gasteiger partial charge in [-0.3, -0.25) is 19.7 Å². The number of rotatable bonds is 5. The highest BCUT2D eigenvalue weighted by Gasteiger charge is 2.50. The number of hydrogen-bond donors (Lipinski definition) is 2. The van der Waals surface area contributed by atoms with Crippen LogP contribution in [0.5, 0.6) is 0 Å². The summed E-state index contributed by atoms with van der Waals surface area (Å²) < 4.78 is 0. The maximum absolute atomic E-state index is 13.0. The molecule has 0 bridgehead atoms. The summed E-state index contributed by atoms with van der Waals surface area (Å²) in [4.78, 5) is 38.5. The van der Waals surface area contributed by atoms with E-state index in [1.165, 1.54) is 69.8 Å². The van der Waals surface area contributed by atoms with Crippen molar-refractivity contribution in [1.29, 1.82) is 0 Å². The largest absolute Gasteiger partial charge is 0.322 e. The number of benzene rings is 1. The molecule has 1 spiro atoms. The van der Waals surface area contributed by atoms with Crippen LogP contribution in [0.25, 0.3) is 0 Å². The predicted octanol–water partition coefficient (Wildman–Crippen LogP) is 3.86. The second kappa shape index (κ2) is 8.78. The van der Waals surface area contributed by atoms with Gasteiger partial charge in [0.2, 0.25) is 11.8 Å². The molecule has 2 aliphatic heterocycles. The summed E-state index contributed by atoms with van der Waals surface area (Å²) in [6, 6.07) is 7.06. The number of fused-ring (bicyclic) bond motifs is 1. The van der Waals surface area contributed by atoms with Gasteiger partial charge >= 0.3 is 0 Å². The van der Waals surface area contributed by atoms with Crippen molar-refractivity contribution in [2.24, 2.45) is 11.3 Å². The maximum Gasteiger partial charge on any atom is 0.255 e. The standard InChI is InChI=1S/C28H37N3O3/c32-25-11-10-23(26(33)30-25)31-17-20-16-18(8-9-21(20)27(31)34)15-19-5-1-2-6-22(19)29-24-7-3-4-12-28(24)13-14-28/h8-9,16,19,22-24,29H,1-7,10-15,17H2,(H,30,32,33)/t19-,22+,23?,24-/m1/s1. The quantitative estimate of drug-likeness (QED) is 0.650. The van der Waals surface area contributed by atoms with Crippen LogP contribution in [-0.4, -0.2) is 40.7 Å². The van der Waals surface area contributed by atoms with E-state index in [9.17, 15) is 14.4 Å². The molecule has 3 amide bonds. The molecule has 6 heteroatoms. The summed E-state index contributed by atoms with van der Waals surface area (Å²) in [6.07, 6.45) is 15.3. The van der Waals surface area contributed by atoms with Crippen LogP contribution < -0.4 is 10.6 Å². The number of hydrogen-bond acceptors (Lipinski definition) is 4. The summed E-state index contributed by atoms with van der Waals surface area (Å²) in [5, 5.41) is 6.55. The van der Waals surface area contributed by atoms with Crippen molar-refractivity contribution in [1.82, 2.24) is 15.5 Å². The summed E-state index contributed by atoms with van der Waals surface area (Å²) in [5.41, 5.74) is 3.66. The van der Waals surface area contributed by atoms with E-state index >= 15 is 0 Å². The molecule has 1 saturated heterocycles. The predicted molar refractivity (Wildman–Crippen MR) is 129 cm³/mol. The Balaban J connectivity index is 1.14. The fraction of sp³-hybridized carbons (Fsp3) is 0.679. The van der Waals surface area contributed by atoms with Crippen molar-refractivity contribution >= 4 is 17.7 Å². The minimum atomic E-state index is -0.543. The lowest BCUT2D eigenvalue weighted by Crippen LogP contribution is -2.52. The van der Waals surface area contributed by atoms with Crippen LogP contribution in [0.3, 0.4) is 0 Å². The molecule has 5 aliphatic rings. The second-order valence-corrected chi connectivity index (χ2v) is 11.6. The monoisotopic (exact) mass is 463 g/mol. The fourth-order valence-corrected chi connectivity index (χ4v) is 7.31. The molecule has 0 radical (unpaired) electrons. The third-order valence-electron chi connectivity index (χ3n) is 9.46. The van der Waals surface area contributed by atoms with E-state index in [4.69, 9.17) is 0 Å². The van der Waals surface area contributed by atoms with Gasteiger partial charge < -0.3 is 10.2 Å². The molecule has 182 valence electrons. The Morgan fingerprint density at radius 3 is 2.62 bits per heavy atom. The van der Waals surface area contributed by atoms with Gasteiger partial charge in [-0.05, 0) is 79.9 Å². The Morgan fingerprint density at radius 1 is 0.971 bits per heavy atom. The summed E-state index contributed by atoms with van der Waals surface area (Å²) in [6.45, 7) is 0.464. The van der Waals surface area contributed by atoms with Crippen molar-refractivity contribution in [3.63, 3.8) is 0 Å². The van der Waals surface area contributed by atoms with Crippen molar-refractivity contribution in [2.45, 2.75) is 108 Å². The zero-order chi connectivity index (χ0) is 23.3. The Hall–Kier alpha value is -2.21. The number of nitrogens with one attached hydrogen (secondary N) is 2. The molecule has 4 fully saturated rings. The molecule has 6 nitrogen and oxygen atoms in total. The molecular formula is C28H37N3O3. The number of carbonyl (C=O) groups is 3. The van der Waals surface area contributed by atoms with Crippen molar-refractivity contribution < 1.29 is 14.4 Å². The van der Waals surface area contributed by atoms with Crippen molar-refractivity contribution in [3.05, 3.63) is 34.9 Å². The molecular weight excluding hydrogens is 426 g/mol. The number of amides is 3. The Morgan fingerprint density at radius 2 is 1.79 bits per heavy atom. The lowest BCUT2D eigenvalue weighted by Gasteiger charge is -2.40. The number of carbonyl (C=O) groups excluding carboxylic acids is 3. The lowest BCUT2D eigenvalue weighted by atomic mass is 9.77. The first-order valence-corrected chi connectivity index (χ1v) is 13.5. The van der Waals surface area contributed by atoms with Gasteiger partial charge in [-0.1, -0.05) is 37.8 Å². The zero-order valence-corrected chi connectivity index (χ0v) is 20.1. The normalized spacial score (nSPS) is 32.6. The third-order valence-corrected chi connectivity index (χ3v) is 9.46. The first-order valence-electron chi connectivity index (χ1n) is 13.5. The molecule has 2 N–H and O–H groups in total. The minimum Gasteiger partial charge on any atom is -0.322 e. The van der Waals surface area contributed by atoms with Gasteiger partial charge in [0.15, 0.2) is 0 Å². The Bertz CT molecular complexity index is 1000. The van der Waals surface area contributed by atoms with Gasteiger partial charge in [-0.25, -0.2) is 0 Å². The smallest absolute Gasteiger partial charge is 0.255 e. The molecule has 1 unspecified atom stereocenters. The molecule has 6 rings (SSSR count). The van der Waals surface area contributed by atoms with Crippen molar-refractivity contribution in [3.8, 4) is 0 Å². The lowest BCUT2D eigenvalue weighted by molar-refractivity contribution is -0.136. The highest BCUT2D eigenvalue weighted by atomic mass is 16.2. The second-order valence-electron chi connectivity index (χ2n) is 11.6.